The third-order valence-corrected chi connectivity index (χ3v) is 21.5. The zero-order valence-electron chi connectivity index (χ0n) is 25.6. The molecular formula is C28H53NO4Si3. The van der Waals surface area contributed by atoms with Crippen molar-refractivity contribution in [2.75, 3.05) is 0 Å². The normalized spacial score (nSPS) is 14.1. The van der Waals surface area contributed by atoms with E-state index in [0.717, 1.165) is 23.1 Å². The van der Waals surface area contributed by atoms with Gasteiger partial charge in [-0.3, -0.25) is 0 Å². The van der Waals surface area contributed by atoms with E-state index in [1.54, 1.807) is 6.08 Å². The first-order valence-corrected chi connectivity index (χ1v) is 21.9. The second-order valence-electron chi connectivity index (χ2n) is 14.5. The smallest absolute Gasteiger partial charge is 0.240 e. The fourth-order valence-corrected chi connectivity index (χ4v) is 5.76. The highest BCUT2D eigenvalue weighted by Crippen LogP contribution is 2.42. The lowest BCUT2D eigenvalue weighted by molar-refractivity contribution is 0.271. The molecule has 0 aliphatic carbocycles. The van der Waals surface area contributed by atoms with Gasteiger partial charge in [-0.05, 0) is 84.4 Å². The minimum atomic E-state index is -2.37. The molecule has 0 aromatic heterocycles. The third kappa shape index (κ3) is 8.58. The molecule has 8 heteroatoms. The lowest BCUT2D eigenvalue weighted by atomic mass is 9.96. The van der Waals surface area contributed by atoms with Crippen molar-refractivity contribution in [2.24, 2.45) is 4.99 Å². The molecule has 0 spiro atoms. The van der Waals surface area contributed by atoms with Gasteiger partial charge in [0.25, 0.3) is 0 Å². The Morgan fingerprint density at radius 2 is 1.25 bits per heavy atom. The number of hydrogen-bond acceptors (Lipinski definition) is 5. The molecule has 0 unspecified atom stereocenters. The molecule has 0 heterocycles. The molecule has 0 bridgehead atoms. The number of benzene rings is 1. The quantitative estimate of drug-likeness (QED) is 0.170. The van der Waals surface area contributed by atoms with Crippen LogP contribution in [0.1, 0.15) is 78.5 Å². The number of aliphatic imine (C=N–C) groups is 1. The molecule has 0 aliphatic rings. The summed E-state index contributed by atoms with van der Waals surface area (Å²) in [5, 5.41) is 0.0160. The summed E-state index contributed by atoms with van der Waals surface area (Å²) >= 11 is 0. The van der Waals surface area contributed by atoms with Crippen LogP contribution >= 0.6 is 0 Å². The average Bonchev–Trinajstić information content (AvgIpc) is 2.68. The topological polar surface area (TPSA) is 68.1 Å². The molecule has 0 atom stereocenters. The summed E-state index contributed by atoms with van der Waals surface area (Å²) in [4.78, 5) is 26.5. The van der Waals surface area contributed by atoms with Crippen molar-refractivity contribution in [3.8, 4) is 0 Å². The van der Waals surface area contributed by atoms with E-state index in [1.165, 1.54) is 0 Å². The van der Waals surface area contributed by atoms with Gasteiger partial charge in [0.15, 0.2) is 25.0 Å². The highest BCUT2D eigenvalue weighted by Gasteiger charge is 2.39. The van der Waals surface area contributed by atoms with Crippen LogP contribution in [0.3, 0.4) is 0 Å². The number of nitrogens with zero attached hydrogens (tertiary/aromatic N) is 1. The number of isocyanates is 1. The molecule has 0 fully saturated rings. The van der Waals surface area contributed by atoms with E-state index in [2.05, 4.69) is 98.7 Å². The second kappa shape index (κ2) is 11.5. The van der Waals surface area contributed by atoms with Crippen LogP contribution in [0.15, 0.2) is 17.1 Å². The number of carbonyl (C=O) groups excluding carboxylic acids is 1. The van der Waals surface area contributed by atoms with Crippen LogP contribution in [-0.4, -0.2) is 35.8 Å². The summed E-state index contributed by atoms with van der Waals surface area (Å²) < 4.78 is 13.1. The van der Waals surface area contributed by atoms with Gasteiger partial charge in [-0.2, -0.15) is 4.99 Å². The predicted octanol–water partition coefficient (Wildman–Crippen LogP) is 8.61. The fourth-order valence-electron chi connectivity index (χ4n) is 3.11. The van der Waals surface area contributed by atoms with E-state index in [-0.39, 0.29) is 15.1 Å². The van der Waals surface area contributed by atoms with Crippen LogP contribution in [-0.2, 0) is 33.3 Å². The highest BCUT2D eigenvalue weighted by atomic mass is 28.4. The first-order chi connectivity index (χ1) is 16.0. The first-order valence-electron chi connectivity index (χ1n) is 13.2. The van der Waals surface area contributed by atoms with Gasteiger partial charge in [0.1, 0.15) is 0 Å². The Kier molecular flexibility index (Phi) is 10.6. The van der Waals surface area contributed by atoms with Gasteiger partial charge >= 0.3 is 0 Å². The molecule has 206 valence electrons. The second-order valence-corrected chi connectivity index (χ2v) is 28.6. The van der Waals surface area contributed by atoms with Gasteiger partial charge in [-0.25, -0.2) is 4.79 Å². The van der Waals surface area contributed by atoms with Crippen molar-refractivity contribution in [1.29, 1.82) is 0 Å². The number of aryl methyl sites for hydroxylation is 1. The molecule has 0 amide bonds. The fraction of sp³-hybridized carbons (Fsp3) is 0.750. The maximum atomic E-state index is 11.5. The van der Waals surface area contributed by atoms with E-state index in [1.807, 2.05) is 13.1 Å². The Morgan fingerprint density at radius 1 is 0.806 bits per heavy atom. The van der Waals surface area contributed by atoms with E-state index < -0.39 is 25.0 Å². The molecule has 0 radical (unpaired) electrons. The summed E-state index contributed by atoms with van der Waals surface area (Å²) in [7, 11) is -6.31. The van der Waals surface area contributed by atoms with E-state index in [9.17, 15) is 9.59 Å². The molecule has 1 N–H and O–H groups in total. The van der Waals surface area contributed by atoms with Gasteiger partial charge in [0, 0.05) is 5.56 Å². The largest absolute Gasteiger partial charge is 0.432 e. The molecule has 1 rings (SSSR count). The van der Waals surface area contributed by atoms with E-state index >= 15 is 0 Å². The Labute approximate surface area is 224 Å². The van der Waals surface area contributed by atoms with Gasteiger partial charge in [-0.1, -0.05) is 61.5 Å². The van der Waals surface area contributed by atoms with Gasteiger partial charge in [0.2, 0.25) is 6.08 Å². The van der Waals surface area contributed by atoms with Crippen molar-refractivity contribution in [1.82, 2.24) is 0 Å². The first kappa shape index (κ1) is 33.2. The lowest BCUT2D eigenvalue weighted by Gasteiger charge is -2.37. The van der Waals surface area contributed by atoms with E-state index in [4.69, 9.17) is 8.85 Å². The molecule has 36 heavy (non-hydrogen) atoms. The van der Waals surface area contributed by atoms with Crippen molar-refractivity contribution in [2.45, 2.75) is 136 Å². The standard InChI is InChI=1S/C28H53NO4Si3/c1-26(2,3)35(11,12)32-19-22-17-23(15-16-28(7,8)34(9,10)31)25(29-21-30)24(18-22)20-33-36(13,14)27(4,5)6/h17-18,31H,15-16,19-20H2,1-14H3. The zero-order chi connectivity index (χ0) is 28.4. The number of rotatable bonds is 11. The van der Waals surface area contributed by atoms with Gasteiger partial charge in [0.05, 0.1) is 18.9 Å². The molecule has 0 saturated heterocycles. The van der Waals surface area contributed by atoms with E-state index in [0.29, 0.717) is 25.3 Å². The van der Waals surface area contributed by atoms with Crippen molar-refractivity contribution in [3.05, 3.63) is 28.8 Å². The average molecular weight is 552 g/mol. The van der Waals surface area contributed by atoms with Crippen LogP contribution < -0.4 is 0 Å². The van der Waals surface area contributed by atoms with Gasteiger partial charge in [-0.15, -0.1) is 0 Å². The third-order valence-electron chi connectivity index (χ3n) is 8.96. The Bertz CT molecular complexity index is 894. The van der Waals surface area contributed by atoms with Gasteiger partial charge < -0.3 is 13.6 Å². The minimum Gasteiger partial charge on any atom is -0.432 e. The Morgan fingerprint density at radius 3 is 1.67 bits per heavy atom. The summed E-state index contributed by atoms with van der Waals surface area (Å²) in [5.41, 5.74) is 3.64. The van der Waals surface area contributed by atoms with Crippen LogP contribution in [0.5, 0.6) is 0 Å². The summed E-state index contributed by atoms with van der Waals surface area (Å²) in [6, 6.07) is 4.22. The molecule has 1 aromatic carbocycles. The zero-order valence-corrected chi connectivity index (χ0v) is 28.6. The summed E-state index contributed by atoms with van der Waals surface area (Å²) in [6.45, 7) is 31.6. The Balaban J connectivity index is 3.51. The van der Waals surface area contributed by atoms with Crippen LogP contribution in [0.25, 0.3) is 0 Å². The van der Waals surface area contributed by atoms with Crippen LogP contribution in [0.2, 0.25) is 54.4 Å². The summed E-state index contributed by atoms with van der Waals surface area (Å²) in [6.07, 6.45) is 3.30. The SMILES string of the molecule is CC(C)(CCc1cc(CO[Si](C)(C)C(C)(C)C)cc(CO[Si](C)(C)C(C)(C)C)c1N=C=O)[Si](C)(C)O. The van der Waals surface area contributed by atoms with Crippen molar-refractivity contribution < 1.29 is 18.4 Å². The minimum absolute atomic E-state index is 0.0777. The molecule has 0 saturated carbocycles. The van der Waals surface area contributed by atoms with Crippen molar-refractivity contribution in [3.63, 3.8) is 0 Å². The predicted molar refractivity (Wildman–Crippen MR) is 160 cm³/mol. The van der Waals surface area contributed by atoms with Crippen molar-refractivity contribution >= 4 is 36.7 Å². The molecule has 5 nitrogen and oxygen atoms in total. The maximum absolute atomic E-state index is 11.5. The molecule has 0 aliphatic heterocycles. The van der Waals surface area contributed by atoms with Crippen LogP contribution in [0, 0.1) is 0 Å². The number of hydrogen-bond donors (Lipinski definition) is 1. The maximum Gasteiger partial charge on any atom is 0.240 e. The molecular weight excluding hydrogens is 499 g/mol. The van der Waals surface area contributed by atoms with Crippen LogP contribution in [0.4, 0.5) is 5.69 Å². The lowest BCUT2D eigenvalue weighted by Crippen LogP contribution is -2.40. The Hall–Kier alpha value is -0.869. The molecule has 1 aromatic rings. The monoisotopic (exact) mass is 551 g/mol. The summed E-state index contributed by atoms with van der Waals surface area (Å²) in [5.74, 6) is 0. The highest BCUT2D eigenvalue weighted by molar-refractivity contribution is 6.74.